The van der Waals surface area contributed by atoms with E-state index in [1.807, 2.05) is 51.1 Å². The Morgan fingerprint density at radius 3 is 2.18 bits per heavy atom. The molecule has 0 aromatic heterocycles. The average molecular weight is 650 g/mol. The first-order valence-electron chi connectivity index (χ1n) is 14.7. The van der Waals surface area contributed by atoms with Crippen molar-refractivity contribution in [2.45, 2.75) is 57.1 Å². The Morgan fingerprint density at radius 1 is 0.889 bits per heavy atom. The third kappa shape index (κ3) is 8.71. The summed E-state index contributed by atoms with van der Waals surface area (Å²) in [6.07, 6.45) is 0.835. The fraction of sp³-hybridized carbons (Fsp3) is 0.257. The molecule has 0 bridgehead atoms. The number of halogens is 2. The van der Waals surface area contributed by atoms with Crippen LogP contribution in [0.25, 0.3) is 0 Å². The number of carbonyl (C=O) groups excluding carboxylic acids is 2. The van der Waals surface area contributed by atoms with Crippen molar-refractivity contribution >= 4 is 39.1 Å². The Hall–Kier alpha value is -4.21. The first kappa shape index (κ1) is 33.7. The minimum absolute atomic E-state index is 0.0412. The molecule has 0 heterocycles. The van der Waals surface area contributed by atoms with Crippen LogP contribution >= 0.6 is 11.6 Å². The number of nitrogens with one attached hydrogen (secondary N) is 1. The van der Waals surface area contributed by atoms with Gasteiger partial charge in [0, 0.05) is 24.0 Å². The van der Waals surface area contributed by atoms with E-state index in [0.717, 1.165) is 21.5 Å². The minimum Gasteiger partial charge on any atom is -0.352 e. The Kier molecular flexibility index (Phi) is 11.4. The van der Waals surface area contributed by atoms with Gasteiger partial charge in [0.15, 0.2) is 0 Å². The summed E-state index contributed by atoms with van der Waals surface area (Å²) in [5, 5.41) is 3.43. The molecule has 10 heteroatoms. The molecule has 2 amide bonds. The second-order valence-corrected chi connectivity index (χ2v) is 13.2. The smallest absolute Gasteiger partial charge is 0.264 e. The maximum Gasteiger partial charge on any atom is 0.264 e. The third-order valence-electron chi connectivity index (χ3n) is 7.52. The van der Waals surface area contributed by atoms with Crippen molar-refractivity contribution < 1.29 is 22.4 Å². The molecule has 1 N–H and O–H groups in total. The summed E-state index contributed by atoms with van der Waals surface area (Å²) < 4.78 is 44.1. The number of hydrogen-bond acceptors (Lipinski definition) is 4. The number of sulfonamides is 1. The van der Waals surface area contributed by atoms with Gasteiger partial charge in [-0.2, -0.15) is 0 Å². The minimum atomic E-state index is -4.41. The number of nitrogens with zero attached hydrogens (tertiary/aromatic N) is 2. The highest BCUT2D eigenvalue weighted by Crippen LogP contribution is 2.27. The molecule has 2 atom stereocenters. The van der Waals surface area contributed by atoms with Crippen LogP contribution in [0.3, 0.4) is 0 Å². The summed E-state index contributed by atoms with van der Waals surface area (Å²) in [5.74, 6) is -1.88. The summed E-state index contributed by atoms with van der Waals surface area (Å²) in [7, 11) is -4.41. The maximum atomic E-state index is 15.2. The maximum absolute atomic E-state index is 15.2. The van der Waals surface area contributed by atoms with Gasteiger partial charge < -0.3 is 10.2 Å². The number of rotatable bonds is 13. The van der Waals surface area contributed by atoms with Crippen molar-refractivity contribution in [1.29, 1.82) is 0 Å². The normalized spacial score (nSPS) is 12.6. The van der Waals surface area contributed by atoms with E-state index in [9.17, 15) is 18.0 Å². The molecule has 0 aliphatic heterocycles. The second-order valence-electron chi connectivity index (χ2n) is 11.0. The lowest BCUT2D eigenvalue weighted by molar-refractivity contribution is -0.140. The van der Waals surface area contributed by atoms with E-state index in [1.165, 1.54) is 35.2 Å². The van der Waals surface area contributed by atoms with Crippen LogP contribution < -0.4 is 9.62 Å². The van der Waals surface area contributed by atoms with E-state index in [1.54, 1.807) is 36.4 Å². The van der Waals surface area contributed by atoms with E-state index in [-0.39, 0.29) is 35.5 Å². The van der Waals surface area contributed by atoms with E-state index in [4.69, 9.17) is 11.6 Å². The molecule has 0 saturated carbocycles. The highest BCUT2D eigenvalue weighted by Gasteiger charge is 2.35. The molecule has 0 unspecified atom stereocenters. The number of benzene rings is 4. The lowest BCUT2D eigenvalue weighted by atomic mass is 10.0. The Balaban J connectivity index is 1.82. The van der Waals surface area contributed by atoms with Crippen molar-refractivity contribution in [3.05, 3.63) is 131 Å². The summed E-state index contributed by atoms with van der Waals surface area (Å²) in [4.78, 5) is 29.6. The lowest BCUT2D eigenvalue weighted by Crippen LogP contribution is -2.54. The molecular formula is C35H37ClFN3O4S. The van der Waals surface area contributed by atoms with Crippen LogP contribution in [0.1, 0.15) is 37.0 Å². The van der Waals surface area contributed by atoms with Gasteiger partial charge >= 0.3 is 0 Å². The summed E-state index contributed by atoms with van der Waals surface area (Å²) >= 11 is 6.28. The highest BCUT2D eigenvalue weighted by atomic mass is 35.5. The van der Waals surface area contributed by atoms with Gasteiger partial charge in [0.05, 0.1) is 10.6 Å². The van der Waals surface area contributed by atoms with E-state index < -0.39 is 34.3 Å². The Morgan fingerprint density at radius 2 is 1.53 bits per heavy atom. The highest BCUT2D eigenvalue weighted by molar-refractivity contribution is 7.92. The van der Waals surface area contributed by atoms with Crippen LogP contribution in [0.15, 0.2) is 108 Å². The van der Waals surface area contributed by atoms with Crippen molar-refractivity contribution in [1.82, 2.24) is 10.2 Å². The fourth-order valence-corrected chi connectivity index (χ4v) is 6.47. The van der Waals surface area contributed by atoms with Crippen LogP contribution in [0.4, 0.5) is 10.1 Å². The molecule has 0 aliphatic rings. The summed E-state index contributed by atoms with van der Waals surface area (Å²) in [6.45, 7) is 4.84. The zero-order valence-corrected chi connectivity index (χ0v) is 27.1. The molecule has 236 valence electrons. The van der Waals surface area contributed by atoms with Gasteiger partial charge in [-0.25, -0.2) is 12.8 Å². The van der Waals surface area contributed by atoms with Gasteiger partial charge in [-0.05, 0) is 67.8 Å². The van der Waals surface area contributed by atoms with Gasteiger partial charge in [0.25, 0.3) is 10.0 Å². The summed E-state index contributed by atoms with van der Waals surface area (Å²) in [6, 6.07) is 26.5. The molecule has 4 aromatic rings. The van der Waals surface area contributed by atoms with Gasteiger partial charge in [-0.1, -0.05) is 90.8 Å². The van der Waals surface area contributed by atoms with Crippen molar-refractivity contribution in [2.75, 3.05) is 10.8 Å². The first-order chi connectivity index (χ1) is 21.5. The predicted molar refractivity (Wildman–Crippen MR) is 176 cm³/mol. The average Bonchev–Trinajstić information content (AvgIpc) is 3.02. The molecule has 4 aromatic carbocycles. The summed E-state index contributed by atoms with van der Waals surface area (Å²) in [5.41, 5.74) is 2.01. The number of carbonyl (C=O) groups is 2. The van der Waals surface area contributed by atoms with Crippen LogP contribution in [0.5, 0.6) is 0 Å². The van der Waals surface area contributed by atoms with Crippen molar-refractivity contribution in [3.63, 3.8) is 0 Å². The Bertz CT molecular complexity index is 1720. The predicted octanol–water partition coefficient (Wildman–Crippen LogP) is 6.54. The zero-order chi connectivity index (χ0) is 32.6. The van der Waals surface area contributed by atoms with E-state index >= 15 is 4.39 Å². The standard InChI is InChI=1S/C35H37ClFN3O4S/c1-4-26(3)38-35(42)33(22-27-11-6-5-7-12-27)39(23-28-13-10-14-29(36)21-28)34(41)24-40(32-16-9-8-15-31(32)37)45(43,44)30-19-17-25(2)18-20-30/h5-21,26,33H,4,22-24H2,1-3H3,(H,38,42)/t26-,33+/m0/s1. The lowest BCUT2D eigenvalue weighted by Gasteiger charge is -2.34. The van der Waals surface area contributed by atoms with E-state index in [2.05, 4.69) is 5.32 Å². The van der Waals surface area contributed by atoms with Crippen molar-refractivity contribution in [2.24, 2.45) is 0 Å². The molecule has 7 nitrogen and oxygen atoms in total. The molecule has 0 fully saturated rings. The van der Waals surface area contributed by atoms with Crippen molar-refractivity contribution in [3.8, 4) is 0 Å². The van der Waals surface area contributed by atoms with E-state index in [0.29, 0.717) is 17.0 Å². The van der Waals surface area contributed by atoms with Gasteiger partial charge in [-0.15, -0.1) is 0 Å². The molecule has 0 spiro atoms. The number of anilines is 1. The van der Waals surface area contributed by atoms with Gasteiger partial charge in [-0.3, -0.25) is 13.9 Å². The fourth-order valence-electron chi connectivity index (χ4n) is 4.83. The Labute approximate surface area is 269 Å². The van der Waals surface area contributed by atoms with Crippen LogP contribution in [0.2, 0.25) is 5.02 Å². The number of amides is 2. The quantitative estimate of drug-likeness (QED) is 0.178. The SMILES string of the molecule is CC[C@H](C)NC(=O)[C@@H](Cc1ccccc1)N(Cc1cccc(Cl)c1)C(=O)CN(c1ccccc1F)S(=O)(=O)c1ccc(C)cc1. The topological polar surface area (TPSA) is 86.8 Å². The number of aryl methyl sites for hydroxylation is 1. The largest absolute Gasteiger partial charge is 0.352 e. The monoisotopic (exact) mass is 649 g/mol. The zero-order valence-electron chi connectivity index (χ0n) is 25.5. The molecular weight excluding hydrogens is 613 g/mol. The molecule has 45 heavy (non-hydrogen) atoms. The molecule has 0 radical (unpaired) electrons. The molecule has 4 rings (SSSR count). The van der Waals surface area contributed by atoms with Crippen LogP contribution in [-0.2, 0) is 32.6 Å². The van der Waals surface area contributed by atoms with Crippen LogP contribution in [0, 0.1) is 12.7 Å². The number of hydrogen-bond donors (Lipinski definition) is 1. The first-order valence-corrected chi connectivity index (χ1v) is 16.5. The second kappa shape index (κ2) is 15.2. The van der Waals surface area contributed by atoms with Gasteiger partial charge in [0.2, 0.25) is 11.8 Å². The molecule has 0 saturated heterocycles. The third-order valence-corrected chi connectivity index (χ3v) is 9.53. The van der Waals surface area contributed by atoms with Gasteiger partial charge in [0.1, 0.15) is 18.4 Å². The molecule has 0 aliphatic carbocycles. The number of para-hydroxylation sites is 1. The van der Waals surface area contributed by atoms with Crippen LogP contribution in [-0.4, -0.2) is 43.8 Å².